The maximum Gasteiger partial charge on any atom is 0.142 e. The van der Waals surface area contributed by atoms with E-state index in [4.69, 9.17) is 16.3 Å². The second-order valence-electron chi connectivity index (χ2n) is 7.25. The zero-order valence-electron chi connectivity index (χ0n) is 17.1. The second kappa shape index (κ2) is 7.74. The van der Waals surface area contributed by atoms with Gasteiger partial charge in [-0.1, -0.05) is 18.5 Å². The molecule has 2 N–H and O–H groups in total. The zero-order chi connectivity index (χ0) is 21.6. The molecule has 30 heavy (non-hydrogen) atoms. The van der Waals surface area contributed by atoms with E-state index < -0.39 is 5.82 Å². The molecule has 0 spiro atoms. The molecular weight excluding hydrogens is 407 g/mol. The predicted octanol–water partition coefficient (Wildman–Crippen LogP) is 4.72. The number of fused-ring (bicyclic) bond motifs is 1. The number of benzene rings is 1. The van der Waals surface area contributed by atoms with Crippen LogP contribution in [0.4, 0.5) is 4.39 Å². The van der Waals surface area contributed by atoms with Crippen molar-refractivity contribution < 1.29 is 14.2 Å². The third-order valence-electron chi connectivity index (χ3n) is 5.55. The summed E-state index contributed by atoms with van der Waals surface area (Å²) >= 11 is 6.31. The Morgan fingerprint density at radius 2 is 2.13 bits per heavy atom. The first-order valence-electron chi connectivity index (χ1n) is 9.50. The number of methoxy groups -OCH3 is 1. The molecule has 0 saturated heterocycles. The molecule has 1 aromatic carbocycles. The predicted molar refractivity (Wildman–Crippen MR) is 114 cm³/mol. The largest absolute Gasteiger partial charge is 0.496 e. The number of nitrogens with one attached hydrogen (secondary N) is 1. The van der Waals surface area contributed by atoms with Crippen LogP contribution in [0.1, 0.15) is 35.4 Å². The SMILES string of the molecule is COc1ccc(F)c(Cl)c1[C@@H](C)c1c[nH]c2ncc(-c3c(C)nn(C)c3CO)cc12. The first-order valence-corrected chi connectivity index (χ1v) is 9.87. The summed E-state index contributed by atoms with van der Waals surface area (Å²) in [6.45, 7) is 3.72. The number of hydrogen-bond donors (Lipinski definition) is 2. The van der Waals surface area contributed by atoms with Gasteiger partial charge < -0.3 is 14.8 Å². The van der Waals surface area contributed by atoms with Crippen LogP contribution in [0.15, 0.2) is 30.6 Å². The van der Waals surface area contributed by atoms with Crippen molar-refractivity contribution in [3.8, 4) is 16.9 Å². The minimum absolute atomic E-state index is 0.0472. The number of aromatic nitrogens is 4. The number of pyridine rings is 1. The van der Waals surface area contributed by atoms with E-state index in [-0.39, 0.29) is 17.5 Å². The first-order chi connectivity index (χ1) is 14.4. The Morgan fingerprint density at radius 1 is 1.37 bits per heavy atom. The van der Waals surface area contributed by atoms with Crippen LogP contribution in [0.3, 0.4) is 0 Å². The van der Waals surface area contributed by atoms with E-state index in [1.807, 2.05) is 26.1 Å². The topological polar surface area (TPSA) is 76.0 Å². The Balaban J connectivity index is 1.89. The van der Waals surface area contributed by atoms with Crippen LogP contribution in [-0.2, 0) is 13.7 Å². The maximum atomic E-state index is 14.2. The number of halogens is 2. The van der Waals surface area contributed by atoms with Gasteiger partial charge in [-0.05, 0) is 30.7 Å². The van der Waals surface area contributed by atoms with E-state index in [1.54, 1.807) is 24.0 Å². The summed E-state index contributed by atoms with van der Waals surface area (Å²) in [6.07, 6.45) is 3.61. The van der Waals surface area contributed by atoms with Gasteiger partial charge in [0.05, 0.1) is 30.1 Å². The summed E-state index contributed by atoms with van der Waals surface area (Å²) in [7, 11) is 3.34. The number of nitrogens with zero attached hydrogens (tertiary/aromatic N) is 3. The fourth-order valence-corrected chi connectivity index (χ4v) is 4.39. The Hall–Kier alpha value is -2.90. The lowest BCUT2D eigenvalue weighted by atomic mass is 9.91. The van der Waals surface area contributed by atoms with Crippen LogP contribution in [-0.4, -0.2) is 32.0 Å². The molecule has 0 amide bonds. The fraction of sp³-hybridized carbons (Fsp3) is 0.273. The highest BCUT2D eigenvalue weighted by Crippen LogP contribution is 2.41. The highest BCUT2D eigenvalue weighted by molar-refractivity contribution is 6.31. The van der Waals surface area contributed by atoms with E-state index in [0.717, 1.165) is 27.8 Å². The van der Waals surface area contributed by atoms with Gasteiger partial charge in [0, 0.05) is 47.4 Å². The van der Waals surface area contributed by atoms with Gasteiger partial charge in [-0.3, -0.25) is 4.68 Å². The molecule has 0 aliphatic rings. The molecule has 3 aromatic heterocycles. The molecule has 6 nitrogen and oxygen atoms in total. The van der Waals surface area contributed by atoms with Gasteiger partial charge >= 0.3 is 0 Å². The molecule has 0 fully saturated rings. The summed E-state index contributed by atoms with van der Waals surface area (Å²) in [5.41, 5.74) is 5.44. The normalized spacial score (nSPS) is 12.5. The highest BCUT2D eigenvalue weighted by atomic mass is 35.5. The average molecular weight is 429 g/mol. The standard InChI is InChI=1S/C22H22ClFN4O2/c1-11(19-18(30-4)6-5-16(24)21(19)23)15-9-26-22-14(15)7-13(8-25-22)20-12(2)27-28(3)17(20)10-29/h5-9,11,29H,10H2,1-4H3,(H,25,26)/t11-/m0/s1. The molecule has 0 saturated carbocycles. The minimum Gasteiger partial charge on any atom is -0.496 e. The molecule has 0 aliphatic carbocycles. The zero-order valence-corrected chi connectivity index (χ0v) is 17.9. The average Bonchev–Trinajstić information content (AvgIpc) is 3.28. The quantitative estimate of drug-likeness (QED) is 0.482. The smallest absolute Gasteiger partial charge is 0.142 e. The molecule has 0 aliphatic heterocycles. The van der Waals surface area contributed by atoms with Crippen LogP contribution >= 0.6 is 11.6 Å². The minimum atomic E-state index is -0.489. The molecule has 4 rings (SSSR count). The number of H-pyrrole nitrogens is 1. The molecule has 0 radical (unpaired) electrons. The summed E-state index contributed by atoms with van der Waals surface area (Å²) in [5.74, 6) is -0.212. The third-order valence-corrected chi connectivity index (χ3v) is 5.94. The first kappa shape index (κ1) is 20.4. The van der Waals surface area contributed by atoms with E-state index in [0.29, 0.717) is 22.7 Å². The molecule has 0 unspecified atom stereocenters. The highest BCUT2D eigenvalue weighted by Gasteiger charge is 2.23. The summed E-state index contributed by atoms with van der Waals surface area (Å²) in [4.78, 5) is 7.73. The number of aliphatic hydroxyl groups excluding tert-OH is 1. The summed E-state index contributed by atoms with van der Waals surface area (Å²) in [6, 6.07) is 4.89. The van der Waals surface area contributed by atoms with Crippen molar-refractivity contribution >= 4 is 22.6 Å². The van der Waals surface area contributed by atoms with Crippen molar-refractivity contribution in [2.24, 2.45) is 7.05 Å². The number of aromatic amines is 1. The van der Waals surface area contributed by atoms with Crippen molar-refractivity contribution in [1.82, 2.24) is 19.7 Å². The Bertz CT molecular complexity index is 1250. The number of aliphatic hydroxyl groups is 1. The molecule has 1 atom stereocenters. The van der Waals surface area contributed by atoms with Crippen molar-refractivity contribution in [2.75, 3.05) is 7.11 Å². The van der Waals surface area contributed by atoms with Crippen molar-refractivity contribution in [2.45, 2.75) is 26.4 Å². The summed E-state index contributed by atoms with van der Waals surface area (Å²) < 4.78 is 21.3. The molecule has 0 bridgehead atoms. The van der Waals surface area contributed by atoms with Gasteiger partial charge in [-0.25, -0.2) is 9.37 Å². The summed E-state index contributed by atoms with van der Waals surface area (Å²) in [5, 5.41) is 15.2. The van der Waals surface area contributed by atoms with Crippen molar-refractivity contribution in [3.63, 3.8) is 0 Å². The van der Waals surface area contributed by atoms with E-state index >= 15 is 0 Å². The van der Waals surface area contributed by atoms with Crippen LogP contribution in [0, 0.1) is 12.7 Å². The maximum absolute atomic E-state index is 14.2. The van der Waals surface area contributed by atoms with Gasteiger partial charge in [-0.2, -0.15) is 5.10 Å². The molecule has 4 aromatic rings. The molecule has 156 valence electrons. The monoisotopic (exact) mass is 428 g/mol. The van der Waals surface area contributed by atoms with Gasteiger partial charge in [0.2, 0.25) is 0 Å². The van der Waals surface area contributed by atoms with Gasteiger partial charge in [0.1, 0.15) is 17.2 Å². The van der Waals surface area contributed by atoms with E-state index in [2.05, 4.69) is 15.1 Å². The van der Waals surface area contributed by atoms with Crippen LogP contribution in [0.25, 0.3) is 22.2 Å². The van der Waals surface area contributed by atoms with Crippen LogP contribution in [0.2, 0.25) is 5.02 Å². The Morgan fingerprint density at radius 3 is 2.83 bits per heavy atom. The lowest BCUT2D eigenvalue weighted by molar-refractivity contribution is 0.271. The van der Waals surface area contributed by atoms with Gasteiger partial charge in [0.15, 0.2) is 0 Å². The third kappa shape index (κ3) is 3.14. The number of ether oxygens (including phenoxy) is 1. The van der Waals surface area contributed by atoms with Crippen LogP contribution in [0.5, 0.6) is 5.75 Å². The van der Waals surface area contributed by atoms with Gasteiger partial charge in [-0.15, -0.1) is 0 Å². The number of hydrogen-bond acceptors (Lipinski definition) is 4. The number of rotatable bonds is 5. The van der Waals surface area contributed by atoms with Crippen molar-refractivity contribution in [1.29, 1.82) is 0 Å². The Labute approximate surface area is 178 Å². The lowest BCUT2D eigenvalue weighted by Crippen LogP contribution is -2.02. The molecular formula is C22H22ClFN4O2. The molecule has 8 heteroatoms. The lowest BCUT2D eigenvalue weighted by Gasteiger charge is -2.17. The van der Waals surface area contributed by atoms with Gasteiger partial charge in [0.25, 0.3) is 0 Å². The molecule has 3 heterocycles. The van der Waals surface area contributed by atoms with Crippen molar-refractivity contribution in [3.05, 3.63) is 63.9 Å². The Kier molecular flexibility index (Phi) is 5.26. The van der Waals surface area contributed by atoms with E-state index in [1.165, 1.54) is 13.2 Å². The van der Waals surface area contributed by atoms with Crippen LogP contribution < -0.4 is 4.74 Å². The number of aryl methyl sites for hydroxylation is 2. The van der Waals surface area contributed by atoms with E-state index in [9.17, 15) is 9.50 Å². The second-order valence-corrected chi connectivity index (χ2v) is 7.63. The fourth-order valence-electron chi connectivity index (χ4n) is 4.07.